The monoisotopic (exact) mass is 449 g/mol. The van der Waals surface area contributed by atoms with Crippen LogP contribution in [0.15, 0.2) is 36.4 Å². The van der Waals surface area contributed by atoms with E-state index in [1.807, 2.05) is 11.0 Å². The Balaban J connectivity index is 1.23. The third-order valence-electron chi connectivity index (χ3n) is 7.24. The molecule has 174 valence electrons. The molecule has 2 N–H and O–H groups in total. The first-order valence-electron chi connectivity index (χ1n) is 11.8. The summed E-state index contributed by atoms with van der Waals surface area (Å²) < 4.78 is 5.46. The standard InChI is InChI=1S/C25H31N5O3/c1-17(21-6-3-7-22(27-21)29-12-14-33-15-13-29)28-10-8-19(9-11-28)30-16-18-4-2-5-20(24(26)31)23(18)25(30)32/h2-7,17,19H,8-16H2,1H3,(H2,26,31). The topological polar surface area (TPSA) is 92.0 Å². The van der Waals surface area contributed by atoms with Gasteiger partial charge in [0.05, 0.1) is 30.0 Å². The van der Waals surface area contributed by atoms with Crippen LogP contribution in [-0.4, -0.2) is 72.0 Å². The van der Waals surface area contributed by atoms with Gasteiger partial charge in [-0.1, -0.05) is 18.2 Å². The molecule has 1 atom stereocenters. The molecule has 5 rings (SSSR count). The maximum atomic E-state index is 13.1. The van der Waals surface area contributed by atoms with Crippen molar-refractivity contribution in [3.63, 3.8) is 0 Å². The number of carbonyl (C=O) groups is 2. The van der Waals surface area contributed by atoms with Crippen LogP contribution in [0.25, 0.3) is 0 Å². The molecule has 2 fully saturated rings. The smallest absolute Gasteiger partial charge is 0.255 e. The Bertz CT molecular complexity index is 1040. The number of rotatable bonds is 5. The van der Waals surface area contributed by atoms with Gasteiger partial charge in [0.1, 0.15) is 5.82 Å². The number of benzene rings is 1. The second-order valence-electron chi connectivity index (χ2n) is 9.10. The maximum absolute atomic E-state index is 13.1. The van der Waals surface area contributed by atoms with Gasteiger partial charge < -0.3 is 20.3 Å². The third kappa shape index (κ3) is 4.20. The summed E-state index contributed by atoms with van der Waals surface area (Å²) in [4.78, 5) is 36.5. The Labute approximate surface area is 194 Å². The second kappa shape index (κ2) is 9.11. The van der Waals surface area contributed by atoms with E-state index in [1.165, 1.54) is 0 Å². The molecule has 8 nitrogen and oxygen atoms in total. The highest BCUT2D eigenvalue weighted by molar-refractivity contribution is 6.09. The second-order valence-corrected chi connectivity index (χ2v) is 9.10. The van der Waals surface area contributed by atoms with Crippen molar-refractivity contribution >= 4 is 17.6 Å². The fourth-order valence-corrected chi connectivity index (χ4v) is 5.30. The summed E-state index contributed by atoms with van der Waals surface area (Å²) in [6.45, 7) is 7.81. The molecule has 1 aromatic carbocycles. The third-order valence-corrected chi connectivity index (χ3v) is 7.24. The van der Waals surface area contributed by atoms with E-state index >= 15 is 0 Å². The maximum Gasteiger partial charge on any atom is 0.255 e. The first kappa shape index (κ1) is 21.9. The van der Waals surface area contributed by atoms with E-state index in [0.29, 0.717) is 17.7 Å². The van der Waals surface area contributed by atoms with Gasteiger partial charge in [0.25, 0.3) is 5.91 Å². The normalized spacial score (nSPS) is 20.7. The van der Waals surface area contributed by atoms with Crippen molar-refractivity contribution in [1.82, 2.24) is 14.8 Å². The van der Waals surface area contributed by atoms with E-state index in [9.17, 15) is 9.59 Å². The molecule has 2 aromatic rings. The Kier molecular flexibility index (Phi) is 6.03. The van der Waals surface area contributed by atoms with E-state index < -0.39 is 5.91 Å². The van der Waals surface area contributed by atoms with Crippen molar-refractivity contribution in [3.8, 4) is 0 Å². The zero-order valence-corrected chi connectivity index (χ0v) is 19.1. The van der Waals surface area contributed by atoms with Crippen LogP contribution in [0.3, 0.4) is 0 Å². The van der Waals surface area contributed by atoms with Gasteiger partial charge in [0.15, 0.2) is 0 Å². The molecule has 0 radical (unpaired) electrons. The minimum atomic E-state index is -0.544. The van der Waals surface area contributed by atoms with Crippen LogP contribution in [0, 0.1) is 0 Å². The number of likely N-dealkylation sites (tertiary alicyclic amines) is 1. The Morgan fingerprint density at radius 1 is 1.09 bits per heavy atom. The fraction of sp³-hybridized carbons (Fsp3) is 0.480. The average molecular weight is 450 g/mol. The van der Waals surface area contributed by atoms with Crippen LogP contribution < -0.4 is 10.6 Å². The van der Waals surface area contributed by atoms with Crippen LogP contribution in [0.4, 0.5) is 5.82 Å². The highest BCUT2D eigenvalue weighted by atomic mass is 16.5. The van der Waals surface area contributed by atoms with E-state index in [0.717, 1.165) is 69.3 Å². The van der Waals surface area contributed by atoms with Crippen molar-refractivity contribution in [1.29, 1.82) is 0 Å². The van der Waals surface area contributed by atoms with Crippen molar-refractivity contribution in [3.05, 3.63) is 58.8 Å². The lowest BCUT2D eigenvalue weighted by atomic mass is 10.0. The Morgan fingerprint density at radius 2 is 1.82 bits per heavy atom. The van der Waals surface area contributed by atoms with Crippen molar-refractivity contribution in [2.75, 3.05) is 44.3 Å². The predicted octanol–water partition coefficient (Wildman–Crippen LogP) is 2.20. The molecule has 33 heavy (non-hydrogen) atoms. The number of ether oxygens (including phenoxy) is 1. The predicted molar refractivity (Wildman–Crippen MR) is 125 cm³/mol. The number of anilines is 1. The molecule has 1 unspecified atom stereocenters. The lowest BCUT2D eigenvalue weighted by molar-refractivity contribution is 0.0551. The zero-order valence-electron chi connectivity index (χ0n) is 19.1. The number of hydrogen-bond donors (Lipinski definition) is 1. The van der Waals surface area contributed by atoms with Crippen molar-refractivity contribution < 1.29 is 14.3 Å². The molecule has 0 bridgehead atoms. The molecule has 0 spiro atoms. The molecule has 0 aliphatic carbocycles. The summed E-state index contributed by atoms with van der Waals surface area (Å²) in [5.41, 5.74) is 8.30. The first-order valence-corrected chi connectivity index (χ1v) is 11.8. The van der Waals surface area contributed by atoms with Crippen molar-refractivity contribution in [2.24, 2.45) is 5.73 Å². The highest BCUT2D eigenvalue weighted by Gasteiger charge is 2.37. The minimum absolute atomic E-state index is 0.0641. The number of carbonyl (C=O) groups excluding carboxylic acids is 2. The molecule has 4 heterocycles. The molecule has 2 saturated heterocycles. The average Bonchev–Trinajstić information content (AvgIpc) is 3.21. The van der Waals surface area contributed by atoms with Crippen LogP contribution in [0.5, 0.6) is 0 Å². The Hall–Kier alpha value is -2.97. The Morgan fingerprint density at radius 3 is 2.55 bits per heavy atom. The minimum Gasteiger partial charge on any atom is -0.378 e. The number of primary amides is 1. The number of pyridine rings is 1. The summed E-state index contributed by atoms with van der Waals surface area (Å²) in [6.07, 6.45) is 1.80. The van der Waals surface area contributed by atoms with Crippen LogP contribution in [0.2, 0.25) is 0 Å². The lowest BCUT2D eigenvalue weighted by Gasteiger charge is -2.39. The van der Waals surface area contributed by atoms with Gasteiger partial charge >= 0.3 is 0 Å². The van der Waals surface area contributed by atoms with Gasteiger partial charge in [0, 0.05) is 44.8 Å². The SMILES string of the molecule is CC(c1cccc(N2CCOCC2)n1)N1CCC(N2Cc3cccc(C(N)=O)c3C2=O)CC1. The van der Waals surface area contributed by atoms with Crippen LogP contribution >= 0.6 is 0 Å². The van der Waals surface area contributed by atoms with Gasteiger partial charge in [-0.05, 0) is 43.5 Å². The highest BCUT2D eigenvalue weighted by Crippen LogP contribution is 2.32. The molecular weight excluding hydrogens is 418 g/mol. The number of aromatic nitrogens is 1. The molecule has 8 heteroatoms. The number of hydrogen-bond acceptors (Lipinski definition) is 6. The van der Waals surface area contributed by atoms with E-state index in [2.05, 4.69) is 34.9 Å². The van der Waals surface area contributed by atoms with E-state index in [1.54, 1.807) is 12.1 Å². The van der Waals surface area contributed by atoms with Gasteiger partial charge in [0.2, 0.25) is 5.91 Å². The fourth-order valence-electron chi connectivity index (χ4n) is 5.30. The summed E-state index contributed by atoms with van der Waals surface area (Å²) >= 11 is 0. The zero-order chi connectivity index (χ0) is 22.9. The van der Waals surface area contributed by atoms with Crippen LogP contribution in [0.1, 0.15) is 57.8 Å². The van der Waals surface area contributed by atoms with Crippen LogP contribution in [-0.2, 0) is 11.3 Å². The molecule has 1 aromatic heterocycles. The number of piperidine rings is 1. The molecule has 0 saturated carbocycles. The van der Waals surface area contributed by atoms with Gasteiger partial charge in [-0.15, -0.1) is 0 Å². The molecule has 3 aliphatic rings. The number of amides is 2. The summed E-state index contributed by atoms with van der Waals surface area (Å²) in [7, 11) is 0. The number of fused-ring (bicyclic) bond motifs is 1. The summed E-state index contributed by atoms with van der Waals surface area (Å²) in [6, 6.07) is 12.0. The molecular formula is C25H31N5O3. The van der Waals surface area contributed by atoms with Gasteiger partial charge in [-0.3, -0.25) is 14.5 Å². The number of nitrogens with two attached hydrogens (primary N) is 1. The van der Waals surface area contributed by atoms with E-state index in [-0.39, 0.29) is 18.0 Å². The van der Waals surface area contributed by atoms with Gasteiger partial charge in [-0.25, -0.2) is 4.98 Å². The summed E-state index contributed by atoms with van der Waals surface area (Å²) in [5.74, 6) is 0.409. The lowest BCUT2D eigenvalue weighted by Crippen LogP contribution is -2.45. The first-order chi connectivity index (χ1) is 16.0. The number of nitrogens with zero attached hydrogens (tertiary/aromatic N) is 4. The quantitative estimate of drug-likeness (QED) is 0.753. The largest absolute Gasteiger partial charge is 0.378 e. The van der Waals surface area contributed by atoms with Crippen molar-refractivity contribution in [2.45, 2.75) is 38.4 Å². The van der Waals surface area contributed by atoms with E-state index in [4.69, 9.17) is 15.5 Å². The molecule has 2 amide bonds. The molecule has 3 aliphatic heterocycles. The number of morpholine rings is 1. The van der Waals surface area contributed by atoms with Gasteiger partial charge in [-0.2, -0.15) is 0 Å². The summed E-state index contributed by atoms with van der Waals surface area (Å²) in [5, 5.41) is 0.